The Kier molecular flexibility index (Phi) is 4.74. The number of hydrogen-bond acceptors (Lipinski definition) is 3. The summed E-state index contributed by atoms with van der Waals surface area (Å²) in [4.78, 5) is 15.0. The molecule has 1 aliphatic rings. The van der Waals surface area contributed by atoms with Crippen LogP contribution in [0.5, 0.6) is 5.75 Å². The Morgan fingerprint density at radius 3 is 2.58 bits per heavy atom. The van der Waals surface area contributed by atoms with Gasteiger partial charge in [-0.05, 0) is 38.5 Å². The zero-order chi connectivity index (χ0) is 17.1. The molecule has 4 heteroatoms. The van der Waals surface area contributed by atoms with Gasteiger partial charge in [0.15, 0.2) is 0 Å². The van der Waals surface area contributed by atoms with Gasteiger partial charge in [0.2, 0.25) is 0 Å². The molecule has 1 amide bonds. The number of nitrogens with one attached hydrogen (secondary N) is 1. The number of carbonyl (C=O) groups excluding carboxylic acids is 1. The number of amides is 1. The van der Waals surface area contributed by atoms with Crippen molar-refractivity contribution < 1.29 is 9.53 Å². The second-order valence-electron chi connectivity index (χ2n) is 6.03. The van der Waals surface area contributed by atoms with E-state index in [1.165, 1.54) is 0 Å². The number of benzene rings is 2. The van der Waals surface area contributed by atoms with Gasteiger partial charge >= 0.3 is 0 Å². The fraction of sp³-hybridized carbons (Fsp3) is 0.350. The Bertz CT molecular complexity index is 729. The lowest BCUT2D eigenvalue weighted by Gasteiger charge is -2.41. The lowest BCUT2D eigenvalue weighted by molar-refractivity contribution is 0.0590. The molecule has 0 saturated heterocycles. The molecule has 0 radical (unpaired) electrons. The summed E-state index contributed by atoms with van der Waals surface area (Å²) >= 11 is 0. The summed E-state index contributed by atoms with van der Waals surface area (Å²) in [6.45, 7) is 6.75. The summed E-state index contributed by atoms with van der Waals surface area (Å²) in [5.74, 6) is 0.882. The summed E-state index contributed by atoms with van der Waals surface area (Å²) in [6.07, 6.45) is 0.660. The molecule has 0 saturated carbocycles. The minimum atomic E-state index is -0.231. The Balaban J connectivity index is 2.10. The maximum absolute atomic E-state index is 13.1. The SMILES string of the molecule is CCOc1ccccc1[C@@H]1Nc2ccccc2C(=O)N1[C@H](C)CC. The topological polar surface area (TPSA) is 41.6 Å². The molecule has 0 bridgehead atoms. The third kappa shape index (κ3) is 2.84. The number of fused-ring (bicyclic) bond motifs is 1. The van der Waals surface area contributed by atoms with Gasteiger partial charge in [0.05, 0.1) is 12.2 Å². The van der Waals surface area contributed by atoms with Gasteiger partial charge in [-0.15, -0.1) is 0 Å². The highest BCUT2D eigenvalue weighted by atomic mass is 16.5. The van der Waals surface area contributed by atoms with Crippen LogP contribution in [-0.2, 0) is 0 Å². The number of anilines is 1. The number of para-hydroxylation sites is 2. The maximum Gasteiger partial charge on any atom is 0.258 e. The molecule has 2 atom stereocenters. The van der Waals surface area contributed by atoms with Crippen molar-refractivity contribution >= 4 is 11.6 Å². The Morgan fingerprint density at radius 1 is 1.12 bits per heavy atom. The smallest absolute Gasteiger partial charge is 0.258 e. The average molecular weight is 324 g/mol. The molecular formula is C20H24N2O2. The molecule has 1 aliphatic heterocycles. The van der Waals surface area contributed by atoms with Crippen LogP contribution >= 0.6 is 0 Å². The molecule has 1 N–H and O–H groups in total. The van der Waals surface area contributed by atoms with E-state index in [-0.39, 0.29) is 18.1 Å². The number of hydrogen-bond donors (Lipinski definition) is 1. The summed E-state index contributed by atoms with van der Waals surface area (Å²) in [5, 5.41) is 3.53. The molecule has 0 aliphatic carbocycles. The first-order valence-electron chi connectivity index (χ1n) is 8.57. The monoisotopic (exact) mass is 324 g/mol. The lowest BCUT2D eigenvalue weighted by Crippen LogP contribution is -2.47. The van der Waals surface area contributed by atoms with E-state index in [1.807, 2.05) is 60.4 Å². The minimum Gasteiger partial charge on any atom is -0.493 e. The van der Waals surface area contributed by atoms with Crippen molar-refractivity contribution in [3.05, 3.63) is 59.7 Å². The highest BCUT2D eigenvalue weighted by Gasteiger charge is 2.36. The zero-order valence-corrected chi connectivity index (χ0v) is 14.5. The first kappa shape index (κ1) is 16.4. The average Bonchev–Trinajstić information content (AvgIpc) is 2.62. The third-order valence-corrected chi connectivity index (χ3v) is 4.54. The van der Waals surface area contributed by atoms with Crippen molar-refractivity contribution in [2.75, 3.05) is 11.9 Å². The van der Waals surface area contributed by atoms with E-state index in [0.717, 1.165) is 29.0 Å². The van der Waals surface area contributed by atoms with E-state index < -0.39 is 0 Å². The summed E-state index contributed by atoms with van der Waals surface area (Å²) < 4.78 is 5.80. The molecule has 1 heterocycles. The molecule has 4 nitrogen and oxygen atoms in total. The van der Waals surface area contributed by atoms with E-state index in [1.54, 1.807) is 0 Å². The summed E-state index contributed by atoms with van der Waals surface area (Å²) in [7, 11) is 0. The van der Waals surface area contributed by atoms with Crippen LogP contribution in [0.25, 0.3) is 0 Å². The number of carbonyl (C=O) groups is 1. The lowest BCUT2D eigenvalue weighted by atomic mass is 10.0. The molecule has 2 aromatic rings. The quantitative estimate of drug-likeness (QED) is 0.883. The Hall–Kier alpha value is -2.49. The fourth-order valence-electron chi connectivity index (χ4n) is 3.14. The van der Waals surface area contributed by atoms with Crippen molar-refractivity contribution in [1.82, 2.24) is 4.90 Å². The summed E-state index contributed by atoms with van der Waals surface area (Å²) in [5.41, 5.74) is 2.59. The van der Waals surface area contributed by atoms with Gasteiger partial charge < -0.3 is 15.0 Å². The van der Waals surface area contributed by atoms with Crippen LogP contribution in [0.15, 0.2) is 48.5 Å². The highest BCUT2D eigenvalue weighted by molar-refractivity contribution is 6.02. The standard InChI is InChI=1S/C20H24N2O2/c1-4-14(3)22-19(16-11-7-9-13-18(16)24-5-2)21-17-12-8-6-10-15(17)20(22)23/h6-14,19,21H,4-5H2,1-3H3/t14-,19-/m1/s1. The maximum atomic E-state index is 13.1. The molecule has 3 rings (SSSR count). The number of ether oxygens (including phenoxy) is 1. The van der Waals surface area contributed by atoms with Crippen LogP contribution in [0.2, 0.25) is 0 Å². The van der Waals surface area contributed by atoms with Crippen LogP contribution in [-0.4, -0.2) is 23.5 Å². The second-order valence-corrected chi connectivity index (χ2v) is 6.03. The Labute approximate surface area is 143 Å². The third-order valence-electron chi connectivity index (χ3n) is 4.54. The molecule has 2 aromatic carbocycles. The van der Waals surface area contributed by atoms with E-state index in [9.17, 15) is 4.79 Å². The van der Waals surface area contributed by atoms with Gasteiger partial charge in [0.25, 0.3) is 5.91 Å². The van der Waals surface area contributed by atoms with Gasteiger partial charge in [-0.3, -0.25) is 4.79 Å². The number of nitrogens with zero attached hydrogens (tertiary/aromatic N) is 1. The van der Waals surface area contributed by atoms with E-state index in [2.05, 4.69) is 19.2 Å². The minimum absolute atomic E-state index is 0.0648. The Morgan fingerprint density at radius 2 is 1.83 bits per heavy atom. The first-order chi connectivity index (χ1) is 11.7. The highest BCUT2D eigenvalue weighted by Crippen LogP contribution is 2.38. The molecule has 0 unspecified atom stereocenters. The van der Waals surface area contributed by atoms with Crippen LogP contribution in [0.3, 0.4) is 0 Å². The van der Waals surface area contributed by atoms with Crippen molar-refractivity contribution in [3.63, 3.8) is 0 Å². The van der Waals surface area contributed by atoms with Crippen LogP contribution < -0.4 is 10.1 Å². The van der Waals surface area contributed by atoms with E-state index in [4.69, 9.17) is 4.74 Å². The van der Waals surface area contributed by atoms with Crippen molar-refractivity contribution in [2.45, 2.75) is 39.4 Å². The van der Waals surface area contributed by atoms with Crippen molar-refractivity contribution in [2.24, 2.45) is 0 Å². The van der Waals surface area contributed by atoms with Gasteiger partial charge in [0.1, 0.15) is 11.9 Å². The first-order valence-corrected chi connectivity index (χ1v) is 8.57. The summed E-state index contributed by atoms with van der Waals surface area (Å²) in [6, 6.07) is 15.7. The normalized spacial score (nSPS) is 17.9. The van der Waals surface area contributed by atoms with Crippen molar-refractivity contribution in [3.8, 4) is 5.75 Å². The van der Waals surface area contributed by atoms with E-state index >= 15 is 0 Å². The van der Waals surface area contributed by atoms with Gasteiger partial charge in [-0.25, -0.2) is 0 Å². The number of rotatable bonds is 5. The predicted molar refractivity (Wildman–Crippen MR) is 96.3 cm³/mol. The van der Waals surface area contributed by atoms with Crippen LogP contribution in [0.1, 0.15) is 49.3 Å². The molecular weight excluding hydrogens is 300 g/mol. The molecule has 24 heavy (non-hydrogen) atoms. The molecule has 0 fully saturated rings. The van der Waals surface area contributed by atoms with Gasteiger partial charge in [-0.1, -0.05) is 37.3 Å². The molecule has 0 aromatic heterocycles. The molecule has 126 valence electrons. The van der Waals surface area contributed by atoms with Crippen molar-refractivity contribution in [1.29, 1.82) is 0 Å². The molecule has 0 spiro atoms. The van der Waals surface area contributed by atoms with Gasteiger partial charge in [-0.2, -0.15) is 0 Å². The zero-order valence-electron chi connectivity index (χ0n) is 14.5. The fourth-order valence-corrected chi connectivity index (χ4v) is 3.14. The van der Waals surface area contributed by atoms with Gasteiger partial charge in [0, 0.05) is 17.3 Å². The second kappa shape index (κ2) is 6.95. The largest absolute Gasteiger partial charge is 0.493 e. The van der Waals surface area contributed by atoms with Crippen LogP contribution in [0.4, 0.5) is 5.69 Å². The van der Waals surface area contributed by atoms with Crippen LogP contribution in [0, 0.1) is 0 Å². The predicted octanol–water partition coefficient (Wildman–Crippen LogP) is 4.45. The van der Waals surface area contributed by atoms with E-state index in [0.29, 0.717) is 6.61 Å².